The monoisotopic (exact) mass is 748 g/mol. The van der Waals surface area contributed by atoms with Crippen molar-refractivity contribution in [2.45, 2.75) is 72.1 Å². The SMILES string of the molecule is CCOC(=O)CCCC/C=C(/c1ccc(COC(=O)N2CCc3c(sc4c3C(c3ccccc3Cl)=NC(C)c3nnc(C)n3-4)C2)cc1)c1cccnc1. The van der Waals surface area contributed by atoms with Gasteiger partial charge in [-0.2, -0.15) is 0 Å². The van der Waals surface area contributed by atoms with Crippen LogP contribution in [-0.2, 0) is 33.8 Å². The van der Waals surface area contributed by atoms with Crippen molar-refractivity contribution >= 4 is 46.3 Å². The number of unbranched alkanes of at least 4 members (excludes halogenated alkanes) is 2. The van der Waals surface area contributed by atoms with Crippen LogP contribution in [0.15, 0.2) is 84.1 Å². The lowest BCUT2D eigenvalue weighted by Gasteiger charge is -2.27. The van der Waals surface area contributed by atoms with E-state index in [1.165, 1.54) is 5.56 Å². The molecule has 2 aliphatic heterocycles. The summed E-state index contributed by atoms with van der Waals surface area (Å²) in [5.41, 5.74) is 7.96. The van der Waals surface area contributed by atoms with Crippen LogP contribution in [0.5, 0.6) is 0 Å². The maximum absolute atomic E-state index is 13.5. The quantitative estimate of drug-likeness (QED) is 0.0980. The molecule has 1 atom stereocenters. The number of benzene rings is 2. The Bertz CT molecular complexity index is 2180. The van der Waals surface area contributed by atoms with Crippen LogP contribution in [0.1, 0.15) is 95.5 Å². The lowest BCUT2D eigenvalue weighted by molar-refractivity contribution is -0.143. The molecular weight excluding hydrogens is 708 g/mol. The van der Waals surface area contributed by atoms with E-state index in [2.05, 4.69) is 25.8 Å². The fourth-order valence-corrected chi connectivity index (χ4v) is 8.50. The average Bonchev–Trinajstić information content (AvgIpc) is 3.71. The summed E-state index contributed by atoms with van der Waals surface area (Å²) in [5, 5.41) is 10.5. The third-order valence-corrected chi connectivity index (χ3v) is 11.0. The number of ether oxygens (including phenoxy) is 2. The van der Waals surface area contributed by atoms with Crippen molar-refractivity contribution in [3.63, 3.8) is 0 Å². The van der Waals surface area contributed by atoms with Crippen LogP contribution >= 0.6 is 22.9 Å². The minimum absolute atomic E-state index is 0.153. The van der Waals surface area contributed by atoms with Crippen LogP contribution in [0.25, 0.3) is 10.6 Å². The summed E-state index contributed by atoms with van der Waals surface area (Å²) in [6, 6.07) is 19.6. The van der Waals surface area contributed by atoms with E-state index in [1.54, 1.807) is 22.4 Å². The summed E-state index contributed by atoms with van der Waals surface area (Å²) in [7, 11) is 0. The van der Waals surface area contributed by atoms with Crippen LogP contribution in [0, 0.1) is 6.92 Å². The summed E-state index contributed by atoms with van der Waals surface area (Å²) in [4.78, 5) is 37.5. The maximum Gasteiger partial charge on any atom is 0.410 e. The number of thiophene rings is 1. The van der Waals surface area contributed by atoms with Crippen molar-refractivity contribution in [3.05, 3.63) is 134 Å². The van der Waals surface area contributed by atoms with Crippen molar-refractivity contribution in [1.82, 2.24) is 24.6 Å². The molecule has 0 spiro atoms. The highest BCUT2D eigenvalue weighted by Gasteiger charge is 2.35. The molecule has 0 aliphatic carbocycles. The molecule has 1 unspecified atom stereocenters. The number of aromatic nitrogens is 4. The van der Waals surface area contributed by atoms with E-state index < -0.39 is 0 Å². The Labute approximate surface area is 318 Å². The molecule has 0 saturated carbocycles. The van der Waals surface area contributed by atoms with Gasteiger partial charge >= 0.3 is 12.1 Å². The minimum atomic E-state index is -0.350. The topological polar surface area (TPSA) is 112 Å². The fraction of sp³-hybridized carbons (Fsp3) is 0.317. The number of hydrogen-bond donors (Lipinski definition) is 0. The van der Waals surface area contributed by atoms with Gasteiger partial charge in [0.05, 0.1) is 18.9 Å². The molecule has 0 bridgehead atoms. The summed E-state index contributed by atoms with van der Waals surface area (Å²) >= 11 is 8.39. The number of amides is 1. The van der Waals surface area contributed by atoms with Gasteiger partial charge in [-0.3, -0.25) is 19.3 Å². The number of aliphatic imine (C=N–C) groups is 1. The zero-order chi connectivity index (χ0) is 36.9. The molecule has 0 radical (unpaired) electrons. The number of fused-ring (bicyclic) bond motifs is 5. The van der Waals surface area contributed by atoms with Gasteiger partial charge in [-0.15, -0.1) is 21.5 Å². The van der Waals surface area contributed by atoms with Gasteiger partial charge in [0.1, 0.15) is 23.5 Å². The Balaban J connectivity index is 1.04. The van der Waals surface area contributed by atoms with E-state index >= 15 is 0 Å². The van der Waals surface area contributed by atoms with Crippen LogP contribution in [-0.4, -0.2) is 55.6 Å². The Morgan fingerprint density at radius 1 is 1.02 bits per heavy atom. The molecule has 2 aliphatic rings. The molecule has 7 rings (SSSR count). The van der Waals surface area contributed by atoms with E-state index in [0.717, 1.165) is 79.9 Å². The zero-order valence-corrected chi connectivity index (χ0v) is 31.6. The van der Waals surface area contributed by atoms with Crippen LogP contribution in [0.2, 0.25) is 5.02 Å². The molecule has 2 aromatic carbocycles. The van der Waals surface area contributed by atoms with E-state index in [0.29, 0.717) is 37.6 Å². The molecule has 0 saturated heterocycles. The number of pyridine rings is 1. The third-order valence-electron chi connectivity index (χ3n) is 9.50. The molecule has 53 heavy (non-hydrogen) atoms. The van der Waals surface area contributed by atoms with E-state index in [-0.39, 0.29) is 24.7 Å². The molecule has 272 valence electrons. The molecule has 0 N–H and O–H groups in total. The first-order valence-corrected chi connectivity index (χ1v) is 19.2. The average molecular weight is 749 g/mol. The summed E-state index contributed by atoms with van der Waals surface area (Å²) < 4.78 is 13.0. The largest absolute Gasteiger partial charge is 0.466 e. The molecular formula is C41H41ClN6O4S. The molecule has 1 amide bonds. The summed E-state index contributed by atoms with van der Waals surface area (Å²) in [5.74, 6) is 1.42. The number of carbonyl (C=O) groups is 2. The van der Waals surface area contributed by atoms with Gasteiger partial charge in [0, 0.05) is 51.9 Å². The smallest absolute Gasteiger partial charge is 0.410 e. The first-order valence-electron chi connectivity index (χ1n) is 18.0. The summed E-state index contributed by atoms with van der Waals surface area (Å²) in [6.07, 6.45) is 9.01. The maximum atomic E-state index is 13.5. The standard InChI is InChI=1S/C41H41ClN6O4S/c1-4-51-36(49)15-7-5-6-12-31(30-11-10-21-43-23-30)29-18-16-28(17-19-29)25-52-41(50)47-22-20-33-35(24-47)53-40-37(33)38(32-13-8-9-14-34(32)42)44-26(2)39-46-45-27(3)48(39)40/h8-14,16-19,21,23,26H,4-7,15,20,22,24-25H2,1-3H3/b31-12-. The molecule has 5 heterocycles. The lowest BCUT2D eigenvalue weighted by Crippen LogP contribution is -2.36. The number of allylic oxidation sites excluding steroid dienone is 1. The van der Waals surface area contributed by atoms with Crippen molar-refractivity contribution in [3.8, 4) is 5.00 Å². The number of rotatable bonds is 11. The van der Waals surface area contributed by atoms with E-state index in [1.807, 2.05) is 87.6 Å². The Morgan fingerprint density at radius 2 is 1.85 bits per heavy atom. The van der Waals surface area contributed by atoms with Gasteiger partial charge in [0.2, 0.25) is 0 Å². The molecule has 3 aromatic heterocycles. The number of halogens is 1. The van der Waals surface area contributed by atoms with E-state index in [4.69, 9.17) is 26.1 Å². The first kappa shape index (κ1) is 36.2. The van der Waals surface area contributed by atoms with Gasteiger partial charge in [-0.1, -0.05) is 66.2 Å². The zero-order valence-electron chi connectivity index (χ0n) is 30.0. The first-order chi connectivity index (χ1) is 25.8. The molecule has 5 aromatic rings. The second kappa shape index (κ2) is 16.3. The fourth-order valence-electron chi connectivity index (χ4n) is 6.85. The Kier molecular flexibility index (Phi) is 11.1. The second-order valence-electron chi connectivity index (χ2n) is 13.1. The molecule has 10 nitrogen and oxygen atoms in total. The molecule has 12 heteroatoms. The Morgan fingerprint density at radius 3 is 2.62 bits per heavy atom. The second-order valence-corrected chi connectivity index (χ2v) is 14.6. The third kappa shape index (κ3) is 7.82. The van der Waals surface area contributed by atoms with Crippen molar-refractivity contribution in [1.29, 1.82) is 0 Å². The predicted molar refractivity (Wildman–Crippen MR) is 207 cm³/mol. The van der Waals surface area contributed by atoms with Gasteiger partial charge in [0.25, 0.3) is 0 Å². The van der Waals surface area contributed by atoms with Crippen LogP contribution in [0.4, 0.5) is 4.79 Å². The predicted octanol–water partition coefficient (Wildman–Crippen LogP) is 8.85. The highest BCUT2D eigenvalue weighted by atomic mass is 35.5. The minimum Gasteiger partial charge on any atom is -0.466 e. The lowest BCUT2D eigenvalue weighted by atomic mass is 9.95. The number of esters is 1. The number of nitrogens with zero attached hydrogens (tertiary/aromatic N) is 6. The van der Waals surface area contributed by atoms with E-state index in [9.17, 15) is 9.59 Å². The number of carbonyl (C=O) groups excluding carboxylic acids is 2. The van der Waals surface area contributed by atoms with Gasteiger partial charge in [0.15, 0.2) is 5.82 Å². The van der Waals surface area contributed by atoms with Crippen molar-refractivity contribution in [2.75, 3.05) is 13.2 Å². The van der Waals surface area contributed by atoms with Crippen LogP contribution < -0.4 is 0 Å². The highest BCUT2D eigenvalue weighted by molar-refractivity contribution is 7.15. The number of hydrogen-bond acceptors (Lipinski definition) is 9. The molecule has 0 fully saturated rings. The van der Waals surface area contributed by atoms with Crippen molar-refractivity contribution in [2.24, 2.45) is 4.99 Å². The normalized spacial score (nSPS) is 15.2. The van der Waals surface area contributed by atoms with Crippen LogP contribution in [0.3, 0.4) is 0 Å². The van der Waals surface area contributed by atoms with Crippen molar-refractivity contribution < 1.29 is 19.1 Å². The highest BCUT2D eigenvalue weighted by Crippen LogP contribution is 2.42. The van der Waals surface area contributed by atoms with Gasteiger partial charge < -0.3 is 14.4 Å². The summed E-state index contributed by atoms with van der Waals surface area (Å²) in [6.45, 7) is 7.33. The van der Waals surface area contributed by atoms with Gasteiger partial charge in [-0.05, 0) is 80.9 Å². The van der Waals surface area contributed by atoms with Gasteiger partial charge in [-0.25, -0.2) is 4.79 Å². The number of aryl methyl sites for hydroxylation is 1. The Hall–Kier alpha value is -5.13.